The van der Waals surface area contributed by atoms with Gasteiger partial charge in [-0.25, -0.2) is 4.98 Å². The van der Waals surface area contributed by atoms with Crippen molar-refractivity contribution < 1.29 is 4.79 Å². The molecule has 0 unspecified atom stereocenters. The number of anilines is 1. The highest BCUT2D eigenvalue weighted by atomic mass is 32.1. The molecule has 0 radical (unpaired) electrons. The zero-order valence-electron chi connectivity index (χ0n) is 6.57. The van der Waals surface area contributed by atoms with Gasteiger partial charge in [-0.15, -0.1) is 11.3 Å². The zero-order chi connectivity index (χ0) is 8.27. The van der Waals surface area contributed by atoms with Crippen molar-refractivity contribution in [3.63, 3.8) is 0 Å². The second kappa shape index (κ2) is 3.48. The first-order valence-corrected chi connectivity index (χ1v) is 4.31. The Bertz CT molecular complexity index is 233. The minimum absolute atomic E-state index is 0.0439. The molecular weight excluding hydrogens is 160 g/mol. The Balaban J connectivity index is 2.79. The maximum Gasteiger partial charge on any atom is 0.225 e. The van der Waals surface area contributed by atoms with Gasteiger partial charge in [0.25, 0.3) is 0 Å². The highest BCUT2D eigenvalue weighted by Crippen LogP contribution is 2.16. The van der Waals surface area contributed by atoms with Crippen molar-refractivity contribution in [3.8, 4) is 0 Å². The van der Waals surface area contributed by atoms with Crippen LogP contribution >= 0.6 is 11.3 Å². The van der Waals surface area contributed by atoms with Gasteiger partial charge in [-0.1, -0.05) is 0 Å². The van der Waals surface area contributed by atoms with E-state index in [1.165, 1.54) is 11.3 Å². The first kappa shape index (κ1) is 8.20. The molecule has 60 valence electrons. The summed E-state index contributed by atoms with van der Waals surface area (Å²) in [5.74, 6) is 0.0439. The van der Waals surface area contributed by atoms with E-state index in [-0.39, 0.29) is 5.91 Å². The third kappa shape index (κ3) is 1.77. The quantitative estimate of drug-likeness (QED) is 0.674. The zero-order valence-corrected chi connectivity index (χ0v) is 7.39. The third-order valence-electron chi connectivity index (χ3n) is 1.35. The summed E-state index contributed by atoms with van der Waals surface area (Å²) >= 11 is 1.48. The van der Waals surface area contributed by atoms with E-state index in [9.17, 15) is 4.79 Å². The number of hydrogen-bond acceptors (Lipinski definition) is 3. The van der Waals surface area contributed by atoms with Crippen LogP contribution in [0.15, 0.2) is 11.6 Å². The van der Waals surface area contributed by atoms with E-state index >= 15 is 0 Å². The summed E-state index contributed by atoms with van der Waals surface area (Å²) in [7, 11) is 0. The average molecular weight is 170 g/mol. The summed E-state index contributed by atoms with van der Waals surface area (Å²) in [6.07, 6.45) is 1.70. The summed E-state index contributed by atoms with van der Waals surface area (Å²) in [6.45, 7) is 4.16. The standard InChI is InChI=1S/C7H10N2OS/c1-3-9(6(2)10)7-8-4-5-11-7/h4-5H,3H2,1-2H3. The molecule has 0 saturated carbocycles. The van der Waals surface area contributed by atoms with Gasteiger partial charge in [0.15, 0.2) is 5.13 Å². The van der Waals surface area contributed by atoms with E-state index in [0.29, 0.717) is 6.54 Å². The minimum atomic E-state index is 0.0439. The first-order chi connectivity index (χ1) is 5.25. The number of amides is 1. The van der Waals surface area contributed by atoms with E-state index in [1.807, 2.05) is 12.3 Å². The van der Waals surface area contributed by atoms with Gasteiger partial charge in [0.1, 0.15) is 0 Å². The number of rotatable bonds is 2. The molecule has 1 rings (SSSR count). The van der Waals surface area contributed by atoms with E-state index in [1.54, 1.807) is 18.0 Å². The lowest BCUT2D eigenvalue weighted by molar-refractivity contribution is -0.116. The van der Waals surface area contributed by atoms with Gasteiger partial charge in [0.05, 0.1) is 0 Å². The fraction of sp³-hybridized carbons (Fsp3) is 0.429. The molecule has 0 spiro atoms. The third-order valence-corrected chi connectivity index (χ3v) is 2.14. The molecule has 0 aliphatic rings. The number of hydrogen-bond donors (Lipinski definition) is 0. The monoisotopic (exact) mass is 170 g/mol. The van der Waals surface area contributed by atoms with Gasteiger partial charge in [-0.3, -0.25) is 9.69 Å². The van der Waals surface area contributed by atoms with Gasteiger partial charge in [-0.05, 0) is 6.92 Å². The van der Waals surface area contributed by atoms with E-state index in [0.717, 1.165) is 5.13 Å². The van der Waals surface area contributed by atoms with Crippen molar-refractivity contribution in [2.45, 2.75) is 13.8 Å². The van der Waals surface area contributed by atoms with Crippen molar-refractivity contribution in [1.82, 2.24) is 4.98 Å². The summed E-state index contributed by atoms with van der Waals surface area (Å²) in [6, 6.07) is 0. The number of nitrogens with zero attached hydrogens (tertiary/aromatic N) is 2. The summed E-state index contributed by atoms with van der Waals surface area (Å²) in [5.41, 5.74) is 0. The topological polar surface area (TPSA) is 33.2 Å². The van der Waals surface area contributed by atoms with Gasteiger partial charge in [-0.2, -0.15) is 0 Å². The van der Waals surface area contributed by atoms with Crippen molar-refractivity contribution >= 4 is 22.4 Å². The molecule has 0 aromatic carbocycles. The van der Waals surface area contributed by atoms with E-state index in [2.05, 4.69) is 4.98 Å². The minimum Gasteiger partial charge on any atom is -0.289 e. The molecule has 0 N–H and O–H groups in total. The molecule has 3 nitrogen and oxygen atoms in total. The molecule has 0 aliphatic heterocycles. The molecule has 11 heavy (non-hydrogen) atoms. The Morgan fingerprint density at radius 2 is 2.55 bits per heavy atom. The average Bonchev–Trinajstić information content (AvgIpc) is 2.40. The predicted molar refractivity (Wildman–Crippen MR) is 45.8 cm³/mol. The second-order valence-corrected chi connectivity index (χ2v) is 2.95. The SMILES string of the molecule is CCN(C(C)=O)c1nccs1. The largest absolute Gasteiger partial charge is 0.289 e. The maximum absolute atomic E-state index is 11.0. The van der Waals surface area contributed by atoms with E-state index in [4.69, 9.17) is 0 Å². The Morgan fingerprint density at radius 1 is 1.82 bits per heavy atom. The maximum atomic E-state index is 11.0. The highest BCUT2D eigenvalue weighted by Gasteiger charge is 2.09. The Kier molecular flexibility index (Phi) is 2.59. The molecule has 0 atom stereocenters. The number of carbonyl (C=O) groups excluding carboxylic acids is 1. The fourth-order valence-electron chi connectivity index (χ4n) is 0.842. The van der Waals surface area contributed by atoms with Gasteiger partial charge >= 0.3 is 0 Å². The molecule has 0 fully saturated rings. The summed E-state index contributed by atoms with van der Waals surface area (Å²) in [4.78, 5) is 16.6. The fourth-order valence-corrected chi connectivity index (χ4v) is 1.59. The van der Waals surface area contributed by atoms with E-state index < -0.39 is 0 Å². The van der Waals surface area contributed by atoms with Crippen LogP contribution in [0, 0.1) is 0 Å². The smallest absolute Gasteiger partial charge is 0.225 e. The molecule has 1 amide bonds. The van der Waals surface area contributed by atoms with Crippen LogP contribution in [0.25, 0.3) is 0 Å². The highest BCUT2D eigenvalue weighted by molar-refractivity contribution is 7.13. The molecule has 0 saturated heterocycles. The molecule has 1 heterocycles. The number of carbonyl (C=O) groups is 1. The van der Waals surface area contributed by atoms with Crippen LogP contribution in [0.5, 0.6) is 0 Å². The van der Waals surface area contributed by atoms with Gasteiger partial charge in [0, 0.05) is 25.0 Å². The Morgan fingerprint density at radius 3 is 2.91 bits per heavy atom. The van der Waals surface area contributed by atoms with Gasteiger partial charge < -0.3 is 0 Å². The summed E-state index contributed by atoms with van der Waals surface area (Å²) in [5, 5.41) is 2.64. The normalized spacial score (nSPS) is 9.64. The Hall–Kier alpha value is -0.900. The number of thiazole rings is 1. The second-order valence-electron chi connectivity index (χ2n) is 2.08. The lowest BCUT2D eigenvalue weighted by atomic mass is 10.5. The van der Waals surface area contributed by atoms with Crippen LogP contribution in [0.1, 0.15) is 13.8 Å². The van der Waals surface area contributed by atoms with Crippen LogP contribution < -0.4 is 4.90 Å². The Labute approximate surface area is 69.7 Å². The van der Waals surface area contributed by atoms with Crippen LogP contribution in [-0.4, -0.2) is 17.4 Å². The molecule has 1 aromatic rings. The van der Waals surface area contributed by atoms with Crippen LogP contribution in [0.4, 0.5) is 5.13 Å². The van der Waals surface area contributed by atoms with Crippen molar-refractivity contribution in [1.29, 1.82) is 0 Å². The molecular formula is C7H10N2OS. The van der Waals surface area contributed by atoms with Crippen molar-refractivity contribution in [3.05, 3.63) is 11.6 Å². The molecule has 4 heteroatoms. The summed E-state index contributed by atoms with van der Waals surface area (Å²) < 4.78 is 0. The molecule has 1 aromatic heterocycles. The predicted octanol–water partition coefficient (Wildman–Crippen LogP) is 1.52. The molecule has 0 bridgehead atoms. The van der Waals surface area contributed by atoms with Gasteiger partial charge in [0.2, 0.25) is 5.91 Å². The number of aromatic nitrogens is 1. The van der Waals surface area contributed by atoms with Crippen LogP contribution in [-0.2, 0) is 4.79 Å². The molecule has 0 aliphatic carbocycles. The van der Waals surface area contributed by atoms with Crippen molar-refractivity contribution in [2.24, 2.45) is 0 Å². The lowest BCUT2D eigenvalue weighted by Crippen LogP contribution is -2.27. The van der Waals surface area contributed by atoms with Crippen LogP contribution in [0.3, 0.4) is 0 Å². The van der Waals surface area contributed by atoms with Crippen LogP contribution in [0.2, 0.25) is 0 Å². The first-order valence-electron chi connectivity index (χ1n) is 3.43. The van der Waals surface area contributed by atoms with Crippen molar-refractivity contribution in [2.75, 3.05) is 11.4 Å². The lowest BCUT2D eigenvalue weighted by Gasteiger charge is -2.14.